The SMILES string of the molecule is COC(=O)c1cc(NC(=O)C(N)CC(C)C)c(F)cc1F. The van der Waals surface area contributed by atoms with Crippen LogP contribution >= 0.6 is 0 Å². The zero-order valence-corrected chi connectivity index (χ0v) is 12.1. The van der Waals surface area contributed by atoms with Crippen LogP contribution in [0.2, 0.25) is 0 Å². The van der Waals surface area contributed by atoms with Gasteiger partial charge in [-0.3, -0.25) is 4.79 Å². The first-order valence-corrected chi connectivity index (χ1v) is 6.40. The summed E-state index contributed by atoms with van der Waals surface area (Å²) in [4.78, 5) is 23.2. The Morgan fingerprint density at radius 3 is 2.43 bits per heavy atom. The summed E-state index contributed by atoms with van der Waals surface area (Å²) in [5, 5.41) is 2.25. The van der Waals surface area contributed by atoms with Crippen molar-refractivity contribution in [2.24, 2.45) is 11.7 Å². The third kappa shape index (κ3) is 4.49. The minimum atomic E-state index is -1.07. The van der Waals surface area contributed by atoms with Crippen molar-refractivity contribution in [1.82, 2.24) is 0 Å². The molecule has 1 unspecified atom stereocenters. The number of halogens is 2. The van der Waals surface area contributed by atoms with Gasteiger partial charge in [-0.05, 0) is 18.4 Å². The fraction of sp³-hybridized carbons (Fsp3) is 0.429. The maximum absolute atomic E-state index is 13.6. The van der Waals surface area contributed by atoms with E-state index >= 15 is 0 Å². The molecular weight excluding hydrogens is 282 g/mol. The number of nitrogens with one attached hydrogen (secondary N) is 1. The Hall–Kier alpha value is -2.02. The zero-order chi connectivity index (χ0) is 16.2. The molecule has 0 aliphatic rings. The van der Waals surface area contributed by atoms with E-state index in [0.29, 0.717) is 12.5 Å². The topological polar surface area (TPSA) is 81.4 Å². The van der Waals surface area contributed by atoms with Gasteiger partial charge in [-0.25, -0.2) is 13.6 Å². The first kappa shape index (κ1) is 17.0. The lowest BCUT2D eigenvalue weighted by molar-refractivity contribution is -0.117. The molecular formula is C14H18F2N2O3. The van der Waals surface area contributed by atoms with Crippen molar-refractivity contribution in [1.29, 1.82) is 0 Å². The summed E-state index contributed by atoms with van der Waals surface area (Å²) >= 11 is 0. The first-order valence-electron chi connectivity index (χ1n) is 6.40. The highest BCUT2D eigenvalue weighted by atomic mass is 19.1. The highest BCUT2D eigenvalue weighted by Gasteiger charge is 2.20. The second kappa shape index (κ2) is 7.12. The standard InChI is InChI=1S/C14H18F2N2O3/c1-7(2)4-11(17)13(19)18-12-5-8(14(20)21-3)9(15)6-10(12)16/h5-7,11H,4,17H2,1-3H3,(H,18,19). The van der Waals surface area contributed by atoms with Gasteiger partial charge in [0.15, 0.2) is 0 Å². The van der Waals surface area contributed by atoms with Crippen LogP contribution in [0.1, 0.15) is 30.6 Å². The molecule has 21 heavy (non-hydrogen) atoms. The average molecular weight is 300 g/mol. The lowest BCUT2D eigenvalue weighted by atomic mass is 10.0. The number of carbonyl (C=O) groups excluding carboxylic acids is 2. The van der Waals surface area contributed by atoms with Crippen LogP contribution in [0.15, 0.2) is 12.1 Å². The maximum atomic E-state index is 13.6. The molecule has 1 aromatic rings. The predicted octanol–water partition coefficient (Wildman–Crippen LogP) is 2.06. The van der Waals surface area contributed by atoms with E-state index in [1.165, 1.54) is 0 Å². The van der Waals surface area contributed by atoms with Crippen molar-refractivity contribution in [2.45, 2.75) is 26.3 Å². The van der Waals surface area contributed by atoms with E-state index in [0.717, 1.165) is 13.2 Å². The van der Waals surface area contributed by atoms with Crippen molar-refractivity contribution in [3.05, 3.63) is 29.3 Å². The third-order valence-corrected chi connectivity index (χ3v) is 2.78. The minimum Gasteiger partial charge on any atom is -0.465 e. The molecule has 1 amide bonds. The highest BCUT2D eigenvalue weighted by Crippen LogP contribution is 2.20. The quantitative estimate of drug-likeness (QED) is 0.816. The Bertz CT molecular complexity index is 547. The molecule has 0 fully saturated rings. The summed E-state index contributed by atoms with van der Waals surface area (Å²) in [6.07, 6.45) is 0.415. The van der Waals surface area contributed by atoms with Gasteiger partial charge in [-0.15, -0.1) is 0 Å². The van der Waals surface area contributed by atoms with E-state index in [4.69, 9.17) is 5.73 Å². The van der Waals surface area contributed by atoms with Gasteiger partial charge in [0, 0.05) is 6.07 Å². The van der Waals surface area contributed by atoms with Crippen LogP contribution < -0.4 is 11.1 Å². The maximum Gasteiger partial charge on any atom is 0.340 e. The van der Waals surface area contributed by atoms with E-state index < -0.39 is 35.1 Å². The van der Waals surface area contributed by atoms with E-state index in [1.807, 2.05) is 13.8 Å². The molecule has 0 aliphatic carbocycles. The Morgan fingerprint density at radius 2 is 1.90 bits per heavy atom. The molecule has 1 rings (SSSR count). The number of esters is 1. The number of methoxy groups -OCH3 is 1. The van der Waals surface area contributed by atoms with Crippen molar-refractivity contribution in [3.63, 3.8) is 0 Å². The summed E-state index contributed by atoms with van der Waals surface area (Å²) < 4.78 is 31.5. The van der Waals surface area contributed by atoms with Gasteiger partial charge in [0.1, 0.15) is 11.6 Å². The lowest BCUT2D eigenvalue weighted by Crippen LogP contribution is -2.37. The molecule has 7 heteroatoms. The zero-order valence-electron chi connectivity index (χ0n) is 12.1. The fourth-order valence-corrected chi connectivity index (χ4v) is 1.75. The lowest BCUT2D eigenvalue weighted by Gasteiger charge is -2.15. The second-order valence-corrected chi connectivity index (χ2v) is 5.03. The van der Waals surface area contributed by atoms with E-state index in [2.05, 4.69) is 10.1 Å². The van der Waals surface area contributed by atoms with Crippen LogP contribution in [0.3, 0.4) is 0 Å². The van der Waals surface area contributed by atoms with Crippen LogP contribution in [0, 0.1) is 17.6 Å². The van der Waals surface area contributed by atoms with Gasteiger partial charge >= 0.3 is 5.97 Å². The smallest absolute Gasteiger partial charge is 0.340 e. The summed E-state index contributed by atoms with van der Waals surface area (Å²) in [6, 6.07) is 0.572. The normalized spacial score (nSPS) is 12.1. The highest BCUT2D eigenvalue weighted by molar-refractivity contribution is 5.97. The number of anilines is 1. The molecule has 0 spiro atoms. The van der Waals surface area contributed by atoms with Crippen LogP contribution in [0.25, 0.3) is 0 Å². The molecule has 3 N–H and O–H groups in total. The molecule has 116 valence electrons. The Labute approximate surface area is 121 Å². The van der Waals surface area contributed by atoms with Crippen molar-refractivity contribution in [2.75, 3.05) is 12.4 Å². The predicted molar refractivity (Wildman–Crippen MR) is 73.8 cm³/mol. The Morgan fingerprint density at radius 1 is 1.29 bits per heavy atom. The van der Waals surface area contributed by atoms with Crippen molar-refractivity contribution < 1.29 is 23.1 Å². The van der Waals surface area contributed by atoms with Gasteiger partial charge in [-0.2, -0.15) is 0 Å². The second-order valence-electron chi connectivity index (χ2n) is 5.03. The van der Waals surface area contributed by atoms with Crippen LogP contribution in [-0.2, 0) is 9.53 Å². The number of benzene rings is 1. The van der Waals surface area contributed by atoms with Gasteiger partial charge in [0.2, 0.25) is 5.91 Å². The van der Waals surface area contributed by atoms with Gasteiger partial charge in [0.25, 0.3) is 0 Å². The molecule has 1 aromatic carbocycles. The van der Waals surface area contributed by atoms with E-state index in [-0.39, 0.29) is 11.6 Å². The van der Waals surface area contributed by atoms with Crippen molar-refractivity contribution >= 4 is 17.6 Å². The number of nitrogens with two attached hydrogens (primary N) is 1. The number of amides is 1. The summed E-state index contributed by atoms with van der Waals surface area (Å²) in [7, 11) is 1.07. The number of hydrogen-bond acceptors (Lipinski definition) is 4. The van der Waals surface area contributed by atoms with Crippen LogP contribution in [0.4, 0.5) is 14.5 Å². The Balaban J connectivity index is 2.98. The molecule has 5 nitrogen and oxygen atoms in total. The molecule has 0 aliphatic heterocycles. The average Bonchev–Trinajstić information content (AvgIpc) is 2.40. The number of hydrogen-bond donors (Lipinski definition) is 2. The Kier molecular flexibility index (Phi) is 5.78. The largest absolute Gasteiger partial charge is 0.465 e. The molecule has 0 saturated carbocycles. The third-order valence-electron chi connectivity index (χ3n) is 2.78. The monoisotopic (exact) mass is 300 g/mol. The molecule has 0 saturated heterocycles. The molecule has 0 heterocycles. The van der Waals surface area contributed by atoms with Gasteiger partial charge < -0.3 is 15.8 Å². The van der Waals surface area contributed by atoms with E-state index in [1.54, 1.807) is 0 Å². The van der Waals surface area contributed by atoms with Gasteiger partial charge in [-0.1, -0.05) is 13.8 Å². The number of carbonyl (C=O) groups is 2. The van der Waals surface area contributed by atoms with E-state index in [9.17, 15) is 18.4 Å². The van der Waals surface area contributed by atoms with Gasteiger partial charge in [0.05, 0.1) is 24.4 Å². The molecule has 0 bridgehead atoms. The van der Waals surface area contributed by atoms with Crippen molar-refractivity contribution in [3.8, 4) is 0 Å². The molecule has 0 radical (unpaired) electrons. The first-order chi connectivity index (χ1) is 9.76. The molecule has 0 aromatic heterocycles. The number of ether oxygens (including phenoxy) is 1. The van der Waals surface area contributed by atoms with Crippen LogP contribution in [0.5, 0.6) is 0 Å². The summed E-state index contributed by atoms with van der Waals surface area (Å²) in [5.41, 5.74) is 4.89. The summed E-state index contributed by atoms with van der Waals surface area (Å²) in [5.74, 6) is -3.44. The number of rotatable bonds is 5. The molecule has 1 atom stereocenters. The van der Waals surface area contributed by atoms with Crippen LogP contribution in [-0.4, -0.2) is 25.0 Å². The summed E-state index contributed by atoms with van der Waals surface area (Å²) in [6.45, 7) is 3.78. The minimum absolute atomic E-state index is 0.189. The fourth-order valence-electron chi connectivity index (χ4n) is 1.75.